The van der Waals surface area contributed by atoms with Crippen molar-refractivity contribution in [3.8, 4) is 17.1 Å². The second-order valence-electron chi connectivity index (χ2n) is 5.42. The molecule has 0 aliphatic rings. The summed E-state index contributed by atoms with van der Waals surface area (Å²) in [5.41, 5.74) is 1.34. The Bertz CT molecular complexity index is 669. The zero-order valence-corrected chi connectivity index (χ0v) is 14.3. The summed E-state index contributed by atoms with van der Waals surface area (Å²) in [6.45, 7) is 6.14. The van der Waals surface area contributed by atoms with Crippen molar-refractivity contribution in [1.82, 2.24) is 9.97 Å². The van der Waals surface area contributed by atoms with Gasteiger partial charge in [0, 0.05) is 11.0 Å². The number of nitrogens with zero attached hydrogens (tertiary/aromatic N) is 2. The minimum Gasteiger partial charge on any atom is -0.506 e. The predicted molar refractivity (Wildman–Crippen MR) is 85.6 cm³/mol. The molecule has 0 saturated carbocycles. The third kappa shape index (κ3) is 3.08. The molecule has 20 heavy (non-hydrogen) atoms. The van der Waals surface area contributed by atoms with E-state index in [2.05, 4.69) is 25.9 Å². The van der Waals surface area contributed by atoms with Crippen molar-refractivity contribution < 1.29 is 5.11 Å². The van der Waals surface area contributed by atoms with E-state index >= 15 is 0 Å². The first kappa shape index (κ1) is 15.5. The molecule has 0 fully saturated rings. The van der Waals surface area contributed by atoms with Gasteiger partial charge in [-0.25, -0.2) is 9.97 Å². The number of halogens is 3. The Balaban J connectivity index is 2.63. The molecule has 0 unspecified atom stereocenters. The van der Waals surface area contributed by atoms with Gasteiger partial charge in [0.2, 0.25) is 0 Å². The van der Waals surface area contributed by atoms with Crippen molar-refractivity contribution in [2.24, 2.45) is 0 Å². The average Bonchev–Trinajstić information content (AvgIpc) is 2.34. The molecule has 1 aromatic carbocycles. The average molecular weight is 376 g/mol. The molecular weight excluding hydrogens is 363 g/mol. The molecule has 2 aromatic rings. The highest BCUT2D eigenvalue weighted by atomic mass is 79.9. The first-order chi connectivity index (χ1) is 9.20. The lowest BCUT2D eigenvalue weighted by molar-refractivity contribution is 0.475. The standard InChI is InChI=1S/C14H13BrCl2N2O/c1-14(2,3)11-10(15)12(17)19-13(18-11)7-4-5-9(20)8(16)6-7/h4-6,20H,1-3H3. The molecule has 2 rings (SSSR count). The first-order valence-electron chi connectivity index (χ1n) is 5.92. The van der Waals surface area contributed by atoms with Gasteiger partial charge in [0.1, 0.15) is 10.9 Å². The SMILES string of the molecule is CC(C)(C)c1nc(-c2ccc(O)c(Cl)c2)nc(Cl)c1Br. The van der Waals surface area contributed by atoms with E-state index in [1.807, 2.05) is 20.8 Å². The highest BCUT2D eigenvalue weighted by Gasteiger charge is 2.23. The fraction of sp³-hybridized carbons (Fsp3) is 0.286. The highest BCUT2D eigenvalue weighted by molar-refractivity contribution is 9.10. The van der Waals surface area contributed by atoms with Crippen LogP contribution >= 0.6 is 39.1 Å². The second-order valence-corrected chi connectivity index (χ2v) is 6.98. The Kier molecular flexibility index (Phi) is 4.28. The smallest absolute Gasteiger partial charge is 0.161 e. The van der Waals surface area contributed by atoms with E-state index < -0.39 is 0 Å². The van der Waals surface area contributed by atoms with Gasteiger partial charge in [0.05, 0.1) is 15.2 Å². The fourth-order valence-electron chi connectivity index (χ4n) is 1.69. The summed E-state index contributed by atoms with van der Waals surface area (Å²) in [6, 6.07) is 4.82. The zero-order chi connectivity index (χ0) is 15.1. The summed E-state index contributed by atoms with van der Waals surface area (Å²) in [6.07, 6.45) is 0. The van der Waals surface area contributed by atoms with Crippen molar-refractivity contribution in [3.63, 3.8) is 0 Å². The van der Waals surface area contributed by atoms with Gasteiger partial charge >= 0.3 is 0 Å². The predicted octanol–water partition coefficient (Wildman–Crippen LogP) is 5.22. The van der Waals surface area contributed by atoms with Crippen LogP contribution in [-0.4, -0.2) is 15.1 Å². The van der Waals surface area contributed by atoms with Crippen LogP contribution < -0.4 is 0 Å². The number of hydrogen-bond acceptors (Lipinski definition) is 3. The first-order valence-corrected chi connectivity index (χ1v) is 7.47. The summed E-state index contributed by atoms with van der Waals surface area (Å²) >= 11 is 15.5. The van der Waals surface area contributed by atoms with Gasteiger partial charge < -0.3 is 5.11 Å². The number of hydrogen-bond donors (Lipinski definition) is 1. The van der Waals surface area contributed by atoms with Gasteiger partial charge in [-0.15, -0.1) is 0 Å². The summed E-state index contributed by atoms with van der Waals surface area (Å²) < 4.78 is 0.695. The minimum atomic E-state index is -0.180. The lowest BCUT2D eigenvalue weighted by atomic mass is 9.92. The van der Waals surface area contributed by atoms with Gasteiger partial charge in [-0.05, 0) is 34.1 Å². The molecule has 0 atom stereocenters. The molecule has 1 heterocycles. The van der Waals surface area contributed by atoms with E-state index in [1.165, 1.54) is 6.07 Å². The van der Waals surface area contributed by atoms with E-state index in [9.17, 15) is 5.11 Å². The van der Waals surface area contributed by atoms with Crippen molar-refractivity contribution in [3.05, 3.63) is 38.5 Å². The Morgan fingerprint density at radius 3 is 2.35 bits per heavy atom. The van der Waals surface area contributed by atoms with Crippen LogP contribution in [0.2, 0.25) is 10.2 Å². The normalized spacial score (nSPS) is 11.7. The number of aromatic nitrogens is 2. The number of phenolic OH excluding ortho intramolecular Hbond substituents is 1. The molecule has 6 heteroatoms. The maximum absolute atomic E-state index is 9.47. The van der Waals surface area contributed by atoms with Crippen LogP contribution in [-0.2, 0) is 5.41 Å². The van der Waals surface area contributed by atoms with Crippen molar-refractivity contribution in [2.75, 3.05) is 0 Å². The van der Waals surface area contributed by atoms with Gasteiger partial charge in [-0.1, -0.05) is 44.0 Å². The summed E-state index contributed by atoms with van der Waals surface area (Å²) in [5.74, 6) is 0.500. The number of rotatable bonds is 1. The van der Waals surface area contributed by atoms with E-state index in [-0.39, 0.29) is 16.2 Å². The van der Waals surface area contributed by atoms with Gasteiger partial charge in [-0.2, -0.15) is 0 Å². The molecule has 106 valence electrons. The monoisotopic (exact) mass is 374 g/mol. The van der Waals surface area contributed by atoms with Crippen LogP contribution in [0.25, 0.3) is 11.4 Å². The van der Waals surface area contributed by atoms with Crippen molar-refractivity contribution >= 4 is 39.1 Å². The molecule has 0 saturated heterocycles. The van der Waals surface area contributed by atoms with Gasteiger partial charge in [0.15, 0.2) is 5.82 Å². The number of benzene rings is 1. The lowest BCUT2D eigenvalue weighted by Crippen LogP contribution is -2.16. The Labute approximate surface area is 136 Å². The molecule has 0 amide bonds. The molecular formula is C14H13BrCl2N2O. The molecule has 0 aliphatic carbocycles. The summed E-state index contributed by atoms with van der Waals surface area (Å²) in [7, 11) is 0. The highest BCUT2D eigenvalue weighted by Crippen LogP contribution is 2.35. The van der Waals surface area contributed by atoms with E-state index in [0.717, 1.165) is 5.69 Å². The van der Waals surface area contributed by atoms with Crippen LogP contribution in [0.5, 0.6) is 5.75 Å². The van der Waals surface area contributed by atoms with Crippen LogP contribution in [0.4, 0.5) is 0 Å². The third-order valence-electron chi connectivity index (χ3n) is 2.73. The molecule has 1 aromatic heterocycles. The Morgan fingerprint density at radius 2 is 1.80 bits per heavy atom. The number of phenols is 1. The summed E-state index contributed by atoms with van der Waals surface area (Å²) in [4.78, 5) is 8.82. The molecule has 1 N–H and O–H groups in total. The third-order valence-corrected chi connectivity index (χ3v) is 4.28. The van der Waals surface area contributed by atoms with Crippen molar-refractivity contribution in [2.45, 2.75) is 26.2 Å². The molecule has 3 nitrogen and oxygen atoms in total. The number of aromatic hydroxyl groups is 1. The van der Waals surface area contributed by atoms with Crippen LogP contribution in [0.1, 0.15) is 26.5 Å². The van der Waals surface area contributed by atoms with Gasteiger partial charge in [-0.3, -0.25) is 0 Å². The van der Waals surface area contributed by atoms with Crippen LogP contribution in [0.3, 0.4) is 0 Å². The largest absolute Gasteiger partial charge is 0.506 e. The molecule has 0 aliphatic heterocycles. The topological polar surface area (TPSA) is 46.0 Å². The van der Waals surface area contributed by atoms with Crippen LogP contribution in [0, 0.1) is 0 Å². The second kappa shape index (κ2) is 5.51. The maximum atomic E-state index is 9.47. The molecule has 0 bridgehead atoms. The summed E-state index contributed by atoms with van der Waals surface area (Å²) in [5, 5.41) is 10.1. The zero-order valence-electron chi connectivity index (χ0n) is 11.2. The van der Waals surface area contributed by atoms with Gasteiger partial charge in [0.25, 0.3) is 0 Å². The van der Waals surface area contributed by atoms with E-state index in [0.29, 0.717) is 21.0 Å². The van der Waals surface area contributed by atoms with Crippen LogP contribution in [0.15, 0.2) is 22.7 Å². The quantitative estimate of drug-likeness (QED) is 0.695. The molecule has 0 spiro atoms. The molecule has 0 radical (unpaired) electrons. The van der Waals surface area contributed by atoms with E-state index in [4.69, 9.17) is 23.2 Å². The Hall–Kier alpha value is -0.840. The minimum absolute atomic E-state index is 0.0228. The van der Waals surface area contributed by atoms with Crippen molar-refractivity contribution in [1.29, 1.82) is 0 Å². The Morgan fingerprint density at radius 1 is 1.15 bits per heavy atom. The van der Waals surface area contributed by atoms with E-state index in [1.54, 1.807) is 12.1 Å². The lowest BCUT2D eigenvalue weighted by Gasteiger charge is -2.20. The maximum Gasteiger partial charge on any atom is 0.161 e. The fourth-order valence-corrected chi connectivity index (χ4v) is 2.81.